The van der Waals surface area contributed by atoms with Crippen LogP contribution in [0.1, 0.15) is 12.5 Å². The maximum absolute atomic E-state index is 13.6. The smallest absolute Gasteiger partial charge is 0.314 e. The molecule has 1 aliphatic heterocycles. The highest BCUT2D eigenvalue weighted by molar-refractivity contribution is 6.31. The second kappa shape index (κ2) is 5.61. The zero-order chi connectivity index (χ0) is 11.7. The number of alkyl halides is 1. The van der Waals surface area contributed by atoms with E-state index in [1.54, 1.807) is 0 Å². The third-order valence-electron chi connectivity index (χ3n) is 2.60. The molecule has 0 spiro atoms. The Balaban J connectivity index is 0.00000144. The van der Waals surface area contributed by atoms with E-state index >= 15 is 0 Å². The first-order valence-corrected chi connectivity index (χ1v) is 5.21. The fraction of sp³-hybridized carbons (Fsp3) is 0.625. The highest BCUT2D eigenvalue weighted by Crippen LogP contribution is 2.30. The molecule has 0 bridgehead atoms. The van der Waals surface area contributed by atoms with Crippen LogP contribution < -0.4 is 5.32 Å². The highest BCUT2D eigenvalue weighted by atomic mass is 35.5. The molecule has 1 fully saturated rings. The van der Waals surface area contributed by atoms with Crippen molar-refractivity contribution in [2.45, 2.75) is 18.6 Å². The zero-order valence-electron chi connectivity index (χ0n) is 8.68. The lowest BCUT2D eigenvalue weighted by Gasteiger charge is -2.26. The van der Waals surface area contributed by atoms with Gasteiger partial charge < -0.3 is 5.32 Å². The van der Waals surface area contributed by atoms with E-state index in [-0.39, 0.29) is 29.8 Å². The minimum absolute atomic E-state index is 0. The lowest BCUT2D eigenvalue weighted by Crippen LogP contribution is -2.39. The predicted molar refractivity (Wildman–Crippen MR) is 62.6 cm³/mol. The standard InChI is InChI=1S/C8H10ClFN4O2.ClH/c9-8-7(14(15)16)4-12-13(8)6-1-2-11-3-5(6)10;/h4-6,11H,1-3H2;1H. The lowest BCUT2D eigenvalue weighted by atomic mass is 10.1. The van der Waals surface area contributed by atoms with Gasteiger partial charge in [0.1, 0.15) is 12.4 Å². The Labute approximate surface area is 108 Å². The molecule has 2 atom stereocenters. The molecular weight excluding hydrogens is 274 g/mol. The highest BCUT2D eigenvalue weighted by Gasteiger charge is 2.31. The van der Waals surface area contributed by atoms with E-state index in [0.29, 0.717) is 13.0 Å². The zero-order valence-corrected chi connectivity index (χ0v) is 10.2. The van der Waals surface area contributed by atoms with Gasteiger partial charge in [-0.1, -0.05) is 11.6 Å². The average Bonchev–Trinajstić information content (AvgIpc) is 2.61. The number of hydrogen-bond donors (Lipinski definition) is 1. The van der Waals surface area contributed by atoms with Crippen molar-refractivity contribution in [3.63, 3.8) is 0 Å². The Morgan fingerprint density at radius 2 is 2.41 bits per heavy atom. The Morgan fingerprint density at radius 1 is 1.71 bits per heavy atom. The summed E-state index contributed by atoms with van der Waals surface area (Å²) in [5.41, 5.74) is -0.285. The van der Waals surface area contributed by atoms with Crippen LogP contribution in [-0.2, 0) is 0 Å². The number of halogens is 3. The van der Waals surface area contributed by atoms with Crippen LogP contribution in [0.25, 0.3) is 0 Å². The second-order valence-corrected chi connectivity index (χ2v) is 3.96. The SMILES string of the molecule is Cl.O=[N+]([O-])c1cnn(C2CCNCC2F)c1Cl. The lowest BCUT2D eigenvalue weighted by molar-refractivity contribution is -0.384. The first kappa shape index (κ1) is 14.1. The van der Waals surface area contributed by atoms with Gasteiger partial charge in [-0.2, -0.15) is 5.10 Å². The summed E-state index contributed by atoms with van der Waals surface area (Å²) in [6, 6.07) is -0.526. The van der Waals surface area contributed by atoms with Crippen molar-refractivity contribution in [1.29, 1.82) is 0 Å². The Hall–Kier alpha value is -0.920. The van der Waals surface area contributed by atoms with Crippen LogP contribution >= 0.6 is 24.0 Å². The molecule has 0 aromatic carbocycles. The molecule has 0 radical (unpaired) electrons. The first-order chi connectivity index (χ1) is 7.61. The summed E-state index contributed by atoms with van der Waals surface area (Å²) in [5, 5.41) is 17.1. The number of nitrogens with zero attached hydrogens (tertiary/aromatic N) is 3. The predicted octanol–water partition coefficient (Wildman–Crippen LogP) is 1.74. The number of aromatic nitrogens is 2. The van der Waals surface area contributed by atoms with Gasteiger partial charge in [-0.25, -0.2) is 9.07 Å². The van der Waals surface area contributed by atoms with Gasteiger partial charge in [0, 0.05) is 6.54 Å². The van der Waals surface area contributed by atoms with Crippen LogP contribution in [0.5, 0.6) is 0 Å². The molecule has 0 amide bonds. The van der Waals surface area contributed by atoms with Crippen molar-refractivity contribution < 1.29 is 9.31 Å². The molecule has 17 heavy (non-hydrogen) atoms. The van der Waals surface area contributed by atoms with Gasteiger partial charge >= 0.3 is 5.69 Å². The molecule has 1 N–H and O–H groups in total. The van der Waals surface area contributed by atoms with E-state index in [0.717, 1.165) is 6.20 Å². The molecule has 0 saturated carbocycles. The van der Waals surface area contributed by atoms with Crippen LogP contribution in [0.3, 0.4) is 0 Å². The Bertz CT molecular complexity index is 414. The molecule has 96 valence electrons. The van der Waals surface area contributed by atoms with Gasteiger partial charge in [0.05, 0.1) is 11.0 Å². The van der Waals surface area contributed by atoms with Crippen molar-refractivity contribution in [2.75, 3.05) is 13.1 Å². The summed E-state index contributed by atoms with van der Waals surface area (Å²) in [6.45, 7) is 0.865. The summed E-state index contributed by atoms with van der Waals surface area (Å²) in [4.78, 5) is 9.94. The molecule has 2 heterocycles. The van der Waals surface area contributed by atoms with Crippen molar-refractivity contribution in [2.24, 2.45) is 0 Å². The van der Waals surface area contributed by atoms with Gasteiger partial charge in [-0.15, -0.1) is 12.4 Å². The van der Waals surface area contributed by atoms with E-state index in [2.05, 4.69) is 10.4 Å². The summed E-state index contributed by atoms with van der Waals surface area (Å²) in [5.74, 6) is 0. The van der Waals surface area contributed by atoms with E-state index in [9.17, 15) is 14.5 Å². The molecule has 9 heteroatoms. The van der Waals surface area contributed by atoms with Gasteiger partial charge in [0.2, 0.25) is 5.15 Å². The molecule has 1 saturated heterocycles. The average molecular weight is 285 g/mol. The number of nitro groups is 1. The van der Waals surface area contributed by atoms with Crippen molar-refractivity contribution in [1.82, 2.24) is 15.1 Å². The van der Waals surface area contributed by atoms with Gasteiger partial charge in [0.15, 0.2) is 0 Å². The minimum atomic E-state index is -1.13. The third kappa shape index (κ3) is 2.67. The Kier molecular flexibility index (Phi) is 4.67. The summed E-state index contributed by atoms with van der Waals surface area (Å²) < 4.78 is 14.8. The van der Waals surface area contributed by atoms with Crippen LogP contribution in [0, 0.1) is 10.1 Å². The largest absolute Gasteiger partial charge is 0.325 e. The maximum Gasteiger partial charge on any atom is 0.325 e. The molecule has 2 rings (SSSR count). The molecule has 2 unspecified atom stereocenters. The van der Waals surface area contributed by atoms with E-state index in [1.165, 1.54) is 4.68 Å². The quantitative estimate of drug-likeness (QED) is 0.663. The molecule has 1 aromatic rings. The summed E-state index contributed by atoms with van der Waals surface area (Å²) >= 11 is 5.79. The van der Waals surface area contributed by atoms with Crippen molar-refractivity contribution in [3.8, 4) is 0 Å². The first-order valence-electron chi connectivity index (χ1n) is 4.83. The number of rotatable bonds is 2. The van der Waals surface area contributed by atoms with Gasteiger partial charge in [0.25, 0.3) is 0 Å². The summed E-state index contributed by atoms with van der Waals surface area (Å²) in [6.07, 6.45) is 0.433. The molecular formula is C8H11Cl2FN4O2. The fourth-order valence-corrected chi connectivity index (χ4v) is 2.06. The third-order valence-corrected chi connectivity index (χ3v) is 2.97. The Morgan fingerprint density at radius 3 is 2.94 bits per heavy atom. The molecule has 1 aromatic heterocycles. The van der Waals surface area contributed by atoms with E-state index in [4.69, 9.17) is 11.6 Å². The van der Waals surface area contributed by atoms with Crippen LogP contribution in [0.2, 0.25) is 5.15 Å². The molecule has 6 nitrogen and oxygen atoms in total. The van der Waals surface area contributed by atoms with Crippen LogP contribution in [0.15, 0.2) is 6.20 Å². The van der Waals surface area contributed by atoms with E-state index in [1.807, 2.05) is 0 Å². The van der Waals surface area contributed by atoms with Crippen LogP contribution in [0.4, 0.5) is 10.1 Å². The van der Waals surface area contributed by atoms with Gasteiger partial charge in [-0.3, -0.25) is 10.1 Å². The van der Waals surface area contributed by atoms with Gasteiger partial charge in [-0.05, 0) is 13.0 Å². The van der Waals surface area contributed by atoms with E-state index < -0.39 is 17.1 Å². The van der Waals surface area contributed by atoms with Crippen molar-refractivity contribution >= 4 is 29.7 Å². The monoisotopic (exact) mass is 284 g/mol. The minimum Gasteiger partial charge on any atom is -0.314 e. The topological polar surface area (TPSA) is 73.0 Å². The maximum atomic E-state index is 13.6. The van der Waals surface area contributed by atoms with Crippen molar-refractivity contribution in [3.05, 3.63) is 21.5 Å². The second-order valence-electron chi connectivity index (χ2n) is 3.60. The number of hydrogen-bond acceptors (Lipinski definition) is 4. The molecule has 1 aliphatic rings. The fourth-order valence-electron chi connectivity index (χ4n) is 1.77. The van der Waals surface area contributed by atoms with Crippen LogP contribution in [-0.4, -0.2) is 34.0 Å². The normalized spacial score (nSPS) is 24.1. The number of nitrogens with one attached hydrogen (secondary N) is 1. The molecule has 0 aliphatic carbocycles. The summed E-state index contributed by atoms with van der Waals surface area (Å²) in [7, 11) is 0. The number of piperidine rings is 1.